The van der Waals surface area contributed by atoms with Gasteiger partial charge in [-0.15, -0.1) is 13.2 Å². The van der Waals surface area contributed by atoms with Gasteiger partial charge in [0.25, 0.3) is 0 Å². The number of carboxylic acid groups (broad SMARTS) is 1. The summed E-state index contributed by atoms with van der Waals surface area (Å²) in [6.07, 6.45) is -2.96. The molecule has 0 aliphatic heterocycles. The van der Waals surface area contributed by atoms with Crippen molar-refractivity contribution in [2.75, 3.05) is 0 Å². The van der Waals surface area contributed by atoms with E-state index in [1.807, 2.05) is 35.9 Å². The van der Waals surface area contributed by atoms with Gasteiger partial charge in [0.15, 0.2) is 0 Å². The molecule has 0 aliphatic carbocycles. The van der Waals surface area contributed by atoms with Gasteiger partial charge in [-0.2, -0.15) is 0 Å². The van der Waals surface area contributed by atoms with E-state index in [9.17, 15) is 18.0 Å². The van der Waals surface area contributed by atoms with E-state index < -0.39 is 12.3 Å². The maximum atomic E-state index is 12.2. The van der Waals surface area contributed by atoms with Gasteiger partial charge < -0.3 is 14.4 Å². The quantitative estimate of drug-likeness (QED) is 0.705. The highest BCUT2D eigenvalue weighted by atomic mass is 19.4. The monoisotopic (exact) mass is 363 g/mol. The summed E-state index contributed by atoms with van der Waals surface area (Å²) in [6, 6.07) is 11.2. The third-order valence-electron chi connectivity index (χ3n) is 4.07. The molecule has 136 valence electrons. The SMILES string of the molecule is CCn1cc(CC(=O)O)c2ccc(-c3ccc(OC(F)(F)F)cc3)cc21. The van der Waals surface area contributed by atoms with Gasteiger partial charge in [-0.05, 0) is 41.8 Å². The van der Waals surface area contributed by atoms with Crippen LogP contribution in [-0.2, 0) is 17.8 Å². The number of nitrogens with zero attached hydrogens (tertiary/aromatic N) is 1. The van der Waals surface area contributed by atoms with Crippen LogP contribution < -0.4 is 4.74 Å². The number of benzene rings is 2. The number of aromatic nitrogens is 1. The largest absolute Gasteiger partial charge is 0.573 e. The molecule has 1 aromatic heterocycles. The van der Waals surface area contributed by atoms with E-state index in [0.717, 1.165) is 27.6 Å². The van der Waals surface area contributed by atoms with E-state index >= 15 is 0 Å². The molecule has 0 fully saturated rings. The highest BCUT2D eigenvalue weighted by Crippen LogP contribution is 2.30. The maximum absolute atomic E-state index is 12.2. The molecule has 0 saturated carbocycles. The Bertz CT molecular complexity index is 943. The van der Waals surface area contributed by atoms with Gasteiger partial charge in [-0.25, -0.2) is 0 Å². The molecule has 0 amide bonds. The molecular formula is C19H16F3NO3. The van der Waals surface area contributed by atoms with Crippen molar-refractivity contribution < 1.29 is 27.8 Å². The summed E-state index contributed by atoms with van der Waals surface area (Å²) in [4.78, 5) is 11.0. The van der Waals surface area contributed by atoms with Gasteiger partial charge in [0.2, 0.25) is 0 Å². The third kappa shape index (κ3) is 3.82. The number of carbonyl (C=O) groups is 1. The first-order valence-electron chi connectivity index (χ1n) is 7.96. The summed E-state index contributed by atoms with van der Waals surface area (Å²) >= 11 is 0. The molecule has 1 heterocycles. The Morgan fingerprint density at radius 3 is 2.35 bits per heavy atom. The molecule has 0 atom stereocenters. The fourth-order valence-corrected chi connectivity index (χ4v) is 2.96. The first kappa shape index (κ1) is 17.8. The van der Waals surface area contributed by atoms with Crippen LogP contribution in [0.1, 0.15) is 12.5 Å². The average Bonchev–Trinajstić information content (AvgIpc) is 2.90. The van der Waals surface area contributed by atoms with Crippen molar-refractivity contribution in [3.8, 4) is 16.9 Å². The molecule has 4 nitrogen and oxygen atoms in total. The van der Waals surface area contributed by atoms with E-state index in [-0.39, 0.29) is 12.2 Å². The van der Waals surface area contributed by atoms with Gasteiger partial charge in [-0.3, -0.25) is 4.79 Å². The lowest BCUT2D eigenvalue weighted by atomic mass is 10.0. The van der Waals surface area contributed by atoms with Crippen LogP contribution in [0, 0.1) is 0 Å². The van der Waals surface area contributed by atoms with E-state index in [2.05, 4.69) is 4.74 Å². The standard InChI is InChI=1S/C19H16F3NO3/c1-2-23-11-14(10-18(24)25)16-8-5-13(9-17(16)23)12-3-6-15(7-4-12)26-19(20,21)22/h3-9,11H,2,10H2,1H3,(H,24,25). The minimum atomic E-state index is -4.72. The summed E-state index contributed by atoms with van der Waals surface area (Å²) in [6.45, 7) is 2.64. The van der Waals surface area contributed by atoms with Crippen LogP contribution in [0.15, 0.2) is 48.7 Å². The number of hydrogen-bond acceptors (Lipinski definition) is 2. The Balaban J connectivity index is 1.97. The number of aliphatic carboxylic acids is 1. The molecule has 26 heavy (non-hydrogen) atoms. The predicted octanol–water partition coefficient (Wildman–Crippen LogP) is 4.85. The first-order valence-corrected chi connectivity index (χ1v) is 7.96. The summed E-state index contributed by atoms with van der Waals surface area (Å²) in [7, 11) is 0. The molecule has 0 spiro atoms. The minimum Gasteiger partial charge on any atom is -0.481 e. The topological polar surface area (TPSA) is 51.5 Å². The number of rotatable bonds is 5. The number of alkyl halides is 3. The van der Waals surface area contributed by atoms with Gasteiger partial charge in [0.05, 0.1) is 6.42 Å². The Hall–Kier alpha value is -2.96. The Morgan fingerprint density at radius 2 is 1.77 bits per heavy atom. The van der Waals surface area contributed by atoms with Crippen LogP contribution >= 0.6 is 0 Å². The fraction of sp³-hybridized carbons (Fsp3) is 0.211. The third-order valence-corrected chi connectivity index (χ3v) is 4.07. The van der Waals surface area contributed by atoms with E-state index in [4.69, 9.17) is 5.11 Å². The van der Waals surface area contributed by atoms with E-state index in [1.54, 1.807) is 12.1 Å². The zero-order valence-electron chi connectivity index (χ0n) is 13.9. The fourth-order valence-electron chi connectivity index (χ4n) is 2.96. The highest BCUT2D eigenvalue weighted by molar-refractivity contribution is 5.90. The van der Waals surface area contributed by atoms with Crippen molar-refractivity contribution in [1.82, 2.24) is 4.57 Å². The maximum Gasteiger partial charge on any atom is 0.573 e. The number of halogens is 3. The molecule has 3 aromatic rings. The van der Waals surface area contributed by atoms with Crippen LogP contribution in [0.3, 0.4) is 0 Å². The smallest absolute Gasteiger partial charge is 0.481 e. The molecule has 0 aliphatic rings. The van der Waals surface area contributed by atoms with Crippen LogP contribution in [0.5, 0.6) is 5.75 Å². The van der Waals surface area contributed by atoms with Gasteiger partial charge in [0, 0.05) is 23.6 Å². The molecule has 2 aromatic carbocycles. The molecule has 0 radical (unpaired) electrons. The molecular weight excluding hydrogens is 347 g/mol. The molecule has 0 bridgehead atoms. The zero-order chi connectivity index (χ0) is 18.9. The van der Waals surface area contributed by atoms with Crippen LogP contribution in [0.4, 0.5) is 13.2 Å². The van der Waals surface area contributed by atoms with Crippen molar-refractivity contribution in [2.45, 2.75) is 26.3 Å². The number of hydrogen-bond donors (Lipinski definition) is 1. The number of carboxylic acids is 1. The lowest BCUT2D eigenvalue weighted by molar-refractivity contribution is -0.274. The highest BCUT2D eigenvalue weighted by Gasteiger charge is 2.30. The van der Waals surface area contributed by atoms with E-state index in [1.165, 1.54) is 12.1 Å². The molecule has 1 N–H and O–H groups in total. The van der Waals surface area contributed by atoms with Crippen LogP contribution in [0.2, 0.25) is 0 Å². The Kier molecular flexibility index (Phi) is 4.63. The van der Waals surface area contributed by atoms with Crippen molar-refractivity contribution in [1.29, 1.82) is 0 Å². The van der Waals surface area contributed by atoms with Gasteiger partial charge >= 0.3 is 12.3 Å². The first-order chi connectivity index (χ1) is 12.3. The molecule has 0 unspecified atom stereocenters. The summed E-state index contributed by atoms with van der Waals surface area (Å²) in [5.74, 6) is -1.17. The zero-order valence-corrected chi connectivity index (χ0v) is 13.9. The second kappa shape index (κ2) is 6.74. The van der Waals surface area contributed by atoms with Crippen molar-refractivity contribution in [3.63, 3.8) is 0 Å². The summed E-state index contributed by atoms with van der Waals surface area (Å²) in [5, 5.41) is 9.90. The lowest BCUT2D eigenvalue weighted by Gasteiger charge is -2.10. The second-order valence-electron chi connectivity index (χ2n) is 5.81. The van der Waals surface area contributed by atoms with Crippen molar-refractivity contribution in [2.24, 2.45) is 0 Å². The number of ether oxygens (including phenoxy) is 1. The summed E-state index contributed by atoms with van der Waals surface area (Å²) < 4.78 is 42.6. The number of aryl methyl sites for hydroxylation is 1. The van der Waals surface area contributed by atoms with E-state index in [0.29, 0.717) is 6.54 Å². The number of fused-ring (bicyclic) bond motifs is 1. The van der Waals surface area contributed by atoms with Crippen molar-refractivity contribution >= 4 is 16.9 Å². The Labute approximate surface area is 147 Å². The molecule has 7 heteroatoms. The normalized spacial score (nSPS) is 11.7. The van der Waals surface area contributed by atoms with Crippen LogP contribution in [0.25, 0.3) is 22.0 Å². The van der Waals surface area contributed by atoms with Gasteiger partial charge in [-0.1, -0.05) is 24.3 Å². The van der Waals surface area contributed by atoms with Crippen molar-refractivity contribution in [3.05, 3.63) is 54.2 Å². The summed E-state index contributed by atoms with van der Waals surface area (Å²) in [5.41, 5.74) is 3.18. The second-order valence-corrected chi connectivity index (χ2v) is 5.81. The Morgan fingerprint density at radius 1 is 1.12 bits per heavy atom. The average molecular weight is 363 g/mol. The molecule has 3 rings (SSSR count). The predicted molar refractivity (Wildman–Crippen MR) is 91.1 cm³/mol. The van der Waals surface area contributed by atoms with Gasteiger partial charge in [0.1, 0.15) is 5.75 Å². The van der Waals surface area contributed by atoms with Crippen LogP contribution in [-0.4, -0.2) is 22.0 Å². The lowest BCUT2D eigenvalue weighted by Crippen LogP contribution is -2.16. The minimum absolute atomic E-state index is 0.0632. The molecule has 0 saturated heterocycles.